The summed E-state index contributed by atoms with van der Waals surface area (Å²) in [7, 11) is 0. The molecular formula is C18H15ClF3N5O4S. The molecule has 0 bridgehead atoms. The van der Waals surface area contributed by atoms with Crippen molar-refractivity contribution >= 4 is 40.1 Å². The Morgan fingerprint density at radius 2 is 2.06 bits per heavy atom. The van der Waals surface area contributed by atoms with Crippen molar-refractivity contribution in [3.05, 3.63) is 58.4 Å². The highest BCUT2D eigenvalue weighted by molar-refractivity contribution is 7.11. The van der Waals surface area contributed by atoms with E-state index in [1.165, 1.54) is 0 Å². The maximum Gasteiger partial charge on any atom is 0.344 e. The number of imidazole rings is 1. The highest BCUT2D eigenvalue weighted by Gasteiger charge is 2.25. The minimum atomic E-state index is -1.56. The number of ether oxygens (including phenoxy) is 1. The summed E-state index contributed by atoms with van der Waals surface area (Å²) in [4.78, 5) is 27.5. The highest BCUT2D eigenvalue weighted by Crippen LogP contribution is 2.32. The van der Waals surface area contributed by atoms with E-state index in [1.54, 1.807) is 18.7 Å². The molecule has 0 atom stereocenters. The summed E-state index contributed by atoms with van der Waals surface area (Å²) in [6, 6.07) is -0.104. The van der Waals surface area contributed by atoms with E-state index in [1.807, 2.05) is 4.57 Å². The van der Waals surface area contributed by atoms with Crippen LogP contribution in [0.15, 0.2) is 24.8 Å². The minimum Gasteiger partial charge on any atom is -0.477 e. The van der Waals surface area contributed by atoms with Gasteiger partial charge in [0, 0.05) is 25.5 Å². The number of carboxylic acid groups (broad SMARTS) is 1. The SMILES string of the molecule is O=C(NCCCn1ccnc1)Nc1snc(OCc2c(F)cc(Cl)c(F)c2F)c1C(=O)O. The third-order valence-electron chi connectivity index (χ3n) is 4.10. The molecule has 0 aliphatic carbocycles. The normalized spacial score (nSPS) is 10.8. The topological polar surface area (TPSA) is 118 Å². The fraction of sp³-hybridized carbons (Fsp3) is 0.222. The molecular weight excluding hydrogens is 475 g/mol. The second kappa shape index (κ2) is 10.3. The standard InChI is InChI=1S/C18H15ClF3N5O4S/c19-10-6-11(20)9(13(21)14(10)22)7-31-15-12(17(28)29)16(32-26-15)25-18(30)24-2-1-4-27-5-3-23-8-27/h3,5-6,8H,1-2,4,7H2,(H,28,29)(H2,24,25,30). The van der Waals surface area contributed by atoms with Gasteiger partial charge in [0.05, 0.1) is 16.9 Å². The number of carboxylic acids is 1. The van der Waals surface area contributed by atoms with E-state index in [2.05, 4.69) is 20.0 Å². The van der Waals surface area contributed by atoms with E-state index in [4.69, 9.17) is 16.3 Å². The lowest BCUT2D eigenvalue weighted by Gasteiger charge is -2.09. The van der Waals surface area contributed by atoms with E-state index in [9.17, 15) is 27.9 Å². The fourth-order valence-corrected chi connectivity index (χ4v) is 3.46. The average molecular weight is 490 g/mol. The summed E-state index contributed by atoms with van der Waals surface area (Å²) >= 11 is 5.96. The van der Waals surface area contributed by atoms with Crippen LogP contribution in [0.5, 0.6) is 5.88 Å². The van der Waals surface area contributed by atoms with Crippen LogP contribution >= 0.6 is 23.1 Å². The van der Waals surface area contributed by atoms with Gasteiger partial charge in [-0.3, -0.25) is 5.32 Å². The van der Waals surface area contributed by atoms with Crippen LogP contribution < -0.4 is 15.4 Å². The molecule has 2 aromatic heterocycles. The Morgan fingerprint density at radius 1 is 1.28 bits per heavy atom. The van der Waals surface area contributed by atoms with Gasteiger partial charge in [0.2, 0.25) is 5.88 Å². The number of halogens is 4. The zero-order chi connectivity index (χ0) is 23.3. The van der Waals surface area contributed by atoms with Crippen molar-refractivity contribution < 1.29 is 32.6 Å². The van der Waals surface area contributed by atoms with Gasteiger partial charge in [0.15, 0.2) is 17.2 Å². The molecule has 0 unspecified atom stereocenters. The molecule has 0 radical (unpaired) electrons. The Bertz CT molecular complexity index is 1130. The maximum atomic E-state index is 13.9. The van der Waals surface area contributed by atoms with Gasteiger partial charge in [-0.05, 0) is 24.0 Å². The first-order chi connectivity index (χ1) is 15.3. The summed E-state index contributed by atoms with van der Waals surface area (Å²) in [5, 5.41) is 13.4. The fourth-order valence-electron chi connectivity index (χ4n) is 2.55. The number of amides is 2. The van der Waals surface area contributed by atoms with E-state index in [-0.39, 0.29) is 5.00 Å². The van der Waals surface area contributed by atoms with Gasteiger partial charge >= 0.3 is 12.0 Å². The third-order valence-corrected chi connectivity index (χ3v) is 5.12. The van der Waals surface area contributed by atoms with Gasteiger partial charge in [0.1, 0.15) is 17.4 Å². The molecule has 0 spiro atoms. The zero-order valence-electron chi connectivity index (χ0n) is 16.1. The van der Waals surface area contributed by atoms with Gasteiger partial charge in [-0.25, -0.2) is 27.7 Å². The molecule has 1 aromatic carbocycles. The molecule has 170 valence electrons. The number of aromatic nitrogens is 3. The van der Waals surface area contributed by atoms with Crippen molar-refractivity contribution in [2.24, 2.45) is 0 Å². The monoisotopic (exact) mass is 489 g/mol. The first-order valence-corrected chi connectivity index (χ1v) is 10.1. The molecule has 0 aliphatic rings. The number of benzene rings is 1. The molecule has 3 aromatic rings. The lowest BCUT2D eigenvalue weighted by molar-refractivity contribution is 0.0693. The smallest absolute Gasteiger partial charge is 0.344 e. The molecule has 3 N–H and O–H groups in total. The first kappa shape index (κ1) is 23.3. The quantitative estimate of drug-likeness (QED) is 0.238. The van der Waals surface area contributed by atoms with Gasteiger partial charge in [-0.15, -0.1) is 0 Å². The van der Waals surface area contributed by atoms with Crippen LogP contribution in [0, 0.1) is 17.5 Å². The molecule has 0 saturated carbocycles. The van der Waals surface area contributed by atoms with Crippen molar-refractivity contribution in [3.8, 4) is 5.88 Å². The summed E-state index contributed by atoms with van der Waals surface area (Å²) in [5.74, 6) is -6.18. The van der Waals surface area contributed by atoms with Crippen LogP contribution in [0.4, 0.5) is 23.0 Å². The van der Waals surface area contributed by atoms with Gasteiger partial charge in [0.25, 0.3) is 0 Å². The Labute approximate surface area is 188 Å². The van der Waals surface area contributed by atoms with Crippen LogP contribution in [-0.4, -0.2) is 37.6 Å². The van der Waals surface area contributed by atoms with Crippen LogP contribution in [0.2, 0.25) is 5.02 Å². The van der Waals surface area contributed by atoms with Crippen molar-refractivity contribution in [3.63, 3.8) is 0 Å². The Hall–Kier alpha value is -3.32. The van der Waals surface area contributed by atoms with Crippen LogP contribution in [0.1, 0.15) is 22.3 Å². The number of aryl methyl sites for hydroxylation is 1. The van der Waals surface area contributed by atoms with Gasteiger partial charge in [-0.2, -0.15) is 4.37 Å². The van der Waals surface area contributed by atoms with Crippen LogP contribution in [0.3, 0.4) is 0 Å². The molecule has 3 rings (SSSR count). The van der Waals surface area contributed by atoms with Crippen molar-refractivity contribution in [2.75, 3.05) is 11.9 Å². The van der Waals surface area contributed by atoms with E-state index < -0.39 is 58.1 Å². The van der Waals surface area contributed by atoms with E-state index in [0.29, 0.717) is 37.1 Å². The number of nitrogens with one attached hydrogen (secondary N) is 2. The predicted molar refractivity (Wildman–Crippen MR) is 109 cm³/mol. The van der Waals surface area contributed by atoms with E-state index >= 15 is 0 Å². The van der Waals surface area contributed by atoms with Crippen molar-refractivity contribution in [1.82, 2.24) is 19.2 Å². The number of rotatable bonds is 9. The summed E-state index contributed by atoms with van der Waals surface area (Å²) in [6.07, 6.45) is 5.63. The number of anilines is 1. The van der Waals surface area contributed by atoms with E-state index in [0.717, 1.165) is 0 Å². The molecule has 14 heteroatoms. The highest BCUT2D eigenvalue weighted by atomic mass is 35.5. The van der Waals surface area contributed by atoms with Gasteiger partial charge in [-0.1, -0.05) is 11.6 Å². The second-order valence-corrected chi connectivity index (χ2v) is 7.45. The molecule has 32 heavy (non-hydrogen) atoms. The number of aromatic carboxylic acids is 1. The van der Waals surface area contributed by atoms with Crippen molar-refractivity contribution in [1.29, 1.82) is 0 Å². The zero-order valence-corrected chi connectivity index (χ0v) is 17.6. The second-order valence-electron chi connectivity index (χ2n) is 6.27. The number of hydrogen-bond donors (Lipinski definition) is 3. The molecule has 0 fully saturated rings. The van der Waals surface area contributed by atoms with Crippen LogP contribution in [-0.2, 0) is 13.2 Å². The number of carbonyl (C=O) groups is 2. The predicted octanol–water partition coefficient (Wildman–Crippen LogP) is 3.90. The summed E-state index contributed by atoms with van der Waals surface area (Å²) < 4.78 is 52.0. The largest absolute Gasteiger partial charge is 0.477 e. The molecule has 9 nitrogen and oxygen atoms in total. The molecule has 0 aliphatic heterocycles. The lowest BCUT2D eigenvalue weighted by Crippen LogP contribution is -2.30. The summed E-state index contributed by atoms with van der Waals surface area (Å²) in [6.45, 7) is 0.0720. The number of nitrogens with zero attached hydrogens (tertiary/aromatic N) is 3. The Morgan fingerprint density at radius 3 is 2.75 bits per heavy atom. The van der Waals surface area contributed by atoms with Gasteiger partial charge < -0.3 is 19.7 Å². The Kier molecular flexibility index (Phi) is 7.53. The average Bonchev–Trinajstić information content (AvgIpc) is 3.39. The number of urea groups is 1. The van der Waals surface area contributed by atoms with Crippen LogP contribution in [0.25, 0.3) is 0 Å². The maximum absolute atomic E-state index is 13.9. The minimum absolute atomic E-state index is 0.150. The first-order valence-electron chi connectivity index (χ1n) is 8.96. The number of hydrogen-bond acceptors (Lipinski definition) is 6. The number of carbonyl (C=O) groups excluding carboxylic acids is 1. The Balaban J connectivity index is 1.62. The molecule has 2 amide bonds. The molecule has 0 saturated heterocycles. The third kappa shape index (κ3) is 5.48. The summed E-state index contributed by atoms with van der Waals surface area (Å²) in [5.41, 5.74) is -1.31. The van der Waals surface area contributed by atoms with Crippen molar-refractivity contribution in [2.45, 2.75) is 19.6 Å². The molecule has 2 heterocycles. The lowest BCUT2D eigenvalue weighted by atomic mass is 10.2.